The zero-order chi connectivity index (χ0) is 14.5. The lowest BCUT2D eigenvalue weighted by Gasteiger charge is -2.35. The van der Waals surface area contributed by atoms with Crippen LogP contribution in [0.2, 0.25) is 0 Å². The highest BCUT2D eigenvalue weighted by molar-refractivity contribution is 5.45. The molecule has 4 nitrogen and oxygen atoms in total. The summed E-state index contributed by atoms with van der Waals surface area (Å²) >= 11 is 0. The maximum absolute atomic E-state index is 10.2. The number of benzene rings is 1. The average Bonchev–Trinajstić information content (AvgIpc) is 2.44. The van der Waals surface area contributed by atoms with Gasteiger partial charge in [0.1, 0.15) is 0 Å². The molecule has 1 heterocycles. The van der Waals surface area contributed by atoms with E-state index in [0.29, 0.717) is 18.4 Å². The van der Waals surface area contributed by atoms with Crippen molar-refractivity contribution in [3.05, 3.63) is 23.8 Å². The van der Waals surface area contributed by atoms with E-state index in [2.05, 4.69) is 23.9 Å². The first kappa shape index (κ1) is 15.1. The molecule has 1 aromatic carbocycles. The molecule has 1 N–H and O–H groups in total. The Balaban J connectivity index is 2.00. The lowest BCUT2D eigenvalue weighted by Crippen LogP contribution is -2.41. The molecule has 112 valence electrons. The van der Waals surface area contributed by atoms with Crippen molar-refractivity contribution in [2.45, 2.75) is 32.4 Å². The topological polar surface area (TPSA) is 35.9 Å². The fraction of sp³-hybridized carbons (Fsp3) is 0.625. The second kappa shape index (κ2) is 6.95. The number of aromatic hydroxyl groups is 1. The number of nitrogens with zero attached hydrogens (tertiary/aromatic N) is 2. The van der Waals surface area contributed by atoms with E-state index in [1.54, 1.807) is 0 Å². The summed E-state index contributed by atoms with van der Waals surface area (Å²) in [5.41, 5.74) is 0.942. The van der Waals surface area contributed by atoms with E-state index >= 15 is 0 Å². The second-order valence-electron chi connectivity index (χ2n) is 5.65. The number of ether oxygens (including phenoxy) is 1. The van der Waals surface area contributed by atoms with Gasteiger partial charge in [0.15, 0.2) is 11.5 Å². The van der Waals surface area contributed by atoms with E-state index in [-0.39, 0.29) is 5.75 Å². The van der Waals surface area contributed by atoms with Crippen LogP contribution in [0.5, 0.6) is 11.5 Å². The molecule has 1 aliphatic rings. The Hall–Kier alpha value is -1.26. The Morgan fingerprint density at radius 1 is 1.35 bits per heavy atom. The second-order valence-corrected chi connectivity index (χ2v) is 5.65. The van der Waals surface area contributed by atoms with Crippen LogP contribution < -0.4 is 4.74 Å². The van der Waals surface area contributed by atoms with Gasteiger partial charge in [0, 0.05) is 18.2 Å². The monoisotopic (exact) mass is 278 g/mol. The summed E-state index contributed by atoms with van der Waals surface area (Å²) in [7, 11) is 4.32. The third-order valence-corrected chi connectivity index (χ3v) is 4.11. The molecule has 0 aromatic heterocycles. The van der Waals surface area contributed by atoms with Crippen LogP contribution in [0.15, 0.2) is 18.2 Å². The highest BCUT2D eigenvalue weighted by Gasteiger charge is 2.21. The molecule has 0 saturated carbocycles. The predicted octanol–water partition coefficient (Wildman–Crippen LogP) is 2.32. The van der Waals surface area contributed by atoms with Gasteiger partial charge >= 0.3 is 0 Å². The molecular formula is C16H26N2O2. The Labute approximate surface area is 122 Å². The number of phenols is 1. The molecule has 1 aromatic rings. The molecule has 1 fully saturated rings. The number of para-hydroxylation sites is 1. The minimum absolute atomic E-state index is 0.286. The van der Waals surface area contributed by atoms with Crippen LogP contribution in [0.1, 0.15) is 25.3 Å². The molecule has 1 aliphatic heterocycles. The third-order valence-electron chi connectivity index (χ3n) is 4.11. The van der Waals surface area contributed by atoms with E-state index in [1.807, 2.05) is 25.1 Å². The minimum Gasteiger partial charge on any atom is -0.504 e. The van der Waals surface area contributed by atoms with Crippen LogP contribution in [0.3, 0.4) is 0 Å². The van der Waals surface area contributed by atoms with Gasteiger partial charge in [-0.3, -0.25) is 4.90 Å². The summed E-state index contributed by atoms with van der Waals surface area (Å²) in [6.07, 6.45) is 2.39. The standard InChI is InChI=1S/C16H26N2O2/c1-4-20-15-7-5-6-13(16(15)19)12-18(3)14-8-10-17(2)11-9-14/h5-7,14,19H,4,8-12H2,1-3H3. The van der Waals surface area contributed by atoms with Gasteiger partial charge in [-0.25, -0.2) is 0 Å². The number of phenolic OH excluding ortho intramolecular Hbond substituents is 1. The molecule has 0 spiro atoms. The summed E-state index contributed by atoms with van der Waals surface area (Å²) in [5.74, 6) is 0.871. The Bertz CT molecular complexity index is 428. The third kappa shape index (κ3) is 3.64. The maximum Gasteiger partial charge on any atom is 0.162 e. The lowest BCUT2D eigenvalue weighted by molar-refractivity contribution is 0.138. The van der Waals surface area contributed by atoms with Gasteiger partial charge in [-0.05, 0) is 53.0 Å². The quantitative estimate of drug-likeness (QED) is 0.896. The van der Waals surface area contributed by atoms with Crippen LogP contribution in [-0.4, -0.2) is 54.7 Å². The van der Waals surface area contributed by atoms with Crippen LogP contribution in [-0.2, 0) is 6.54 Å². The van der Waals surface area contributed by atoms with Crippen molar-refractivity contribution < 1.29 is 9.84 Å². The smallest absolute Gasteiger partial charge is 0.162 e. The molecule has 20 heavy (non-hydrogen) atoms. The average molecular weight is 278 g/mol. The van der Waals surface area contributed by atoms with Crippen molar-refractivity contribution in [2.75, 3.05) is 33.8 Å². The first-order valence-corrected chi connectivity index (χ1v) is 7.44. The lowest BCUT2D eigenvalue weighted by atomic mass is 10.0. The van der Waals surface area contributed by atoms with Gasteiger partial charge in [-0.2, -0.15) is 0 Å². The number of hydrogen-bond donors (Lipinski definition) is 1. The van der Waals surface area contributed by atoms with Gasteiger partial charge in [0.05, 0.1) is 6.61 Å². The SMILES string of the molecule is CCOc1cccc(CN(C)C2CCN(C)CC2)c1O. The first-order valence-electron chi connectivity index (χ1n) is 7.44. The largest absolute Gasteiger partial charge is 0.504 e. The van der Waals surface area contributed by atoms with Crippen LogP contribution >= 0.6 is 0 Å². The van der Waals surface area contributed by atoms with E-state index in [4.69, 9.17) is 4.74 Å². The molecule has 0 atom stereocenters. The van der Waals surface area contributed by atoms with Gasteiger partial charge in [-0.15, -0.1) is 0 Å². The number of likely N-dealkylation sites (tertiary alicyclic amines) is 1. The Morgan fingerprint density at radius 3 is 2.70 bits per heavy atom. The highest BCUT2D eigenvalue weighted by Crippen LogP contribution is 2.31. The zero-order valence-electron chi connectivity index (χ0n) is 12.8. The Kier molecular flexibility index (Phi) is 5.26. The molecule has 0 amide bonds. The predicted molar refractivity (Wildman–Crippen MR) is 81.3 cm³/mol. The number of rotatable bonds is 5. The zero-order valence-corrected chi connectivity index (χ0v) is 12.8. The number of hydrogen-bond acceptors (Lipinski definition) is 4. The van der Waals surface area contributed by atoms with Gasteiger partial charge < -0.3 is 14.7 Å². The summed E-state index contributed by atoms with van der Waals surface area (Å²) < 4.78 is 5.44. The van der Waals surface area contributed by atoms with Gasteiger partial charge in [0.2, 0.25) is 0 Å². The molecule has 1 saturated heterocycles. The van der Waals surface area contributed by atoms with Crippen molar-refractivity contribution in [2.24, 2.45) is 0 Å². The molecule has 4 heteroatoms. The number of piperidine rings is 1. The van der Waals surface area contributed by atoms with Gasteiger partial charge in [-0.1, -0.05) is 12.1 Å². The highest BCUT2D eigenvalue weighted by atomic mass is 16.5. The summed E-state index contributed by atoms with van der Waals surface area (Å²) in [4.78, 5) is 4.72. The summed E-state index contributed by atoms with van der Waals surface area (Å²) in [6.45, 7) is 5.57. The molecular weight excluding hydrogens is 252 g/mol. The van der Waals surface area contributed by atoms with Crippen molar-refractivity contribution >= 4 is 0 Å². The molecule has 0 unspecified atom stereocenters. The van der Waals surface area contributed by atoms with Gasteiger partial charge in [0.25, 0.3) is 0 Å². The molecule has 2 rings (SSSR count). The molecule has 0 aliphatic carbocycles. The maximum atomic E-state index is 10.2. The molecule has 0 radical (unpaired) electrons. The minimum atomic E-state index is 0.286. The van der Waals surface area contributed by atoms with E-state index < -0.39 is 0 Å². The van der Waals surface area contributed by atoms with Crippen molar-refractivity contribution in [3.63, 3.8) is 0 Å². The Morgan fingerprint density at radius 2 is 2.05 bits per heavy atom. The van der Waals surface area contributed by atoms with Crippen molar-refractivity contribution in [1.82, 2.24) is 9.80 Å². The fourth-order valence-electron chi connectivity index (χ4n) is 2.80. The van der Waals surface area contributed by atoms with Crippen LogP contribution in [0.25, 0.3) is 0 Å². The van der Waals surface area contributed by atoms with Crippen LogP contribution in [0, 0.1) is 0 Å². The van der Waals surface area contributed by atoms with Crippen LogP contribution in [0.4, 0.5) is 0 Å². The van der Waals surface area contributed by atoms with E-state index in [0.717, 1.165) is 25.2 Å². The summed E-state index contributed by atoms with van der Waals surface area (Å²) in [6, 6.07) is 6.34. The summed E-state index contributed by atoms with van der Waals surface area (Å²) in [5, 5.41) is 10.2. The van der Waals surface area contributed by atoms with Crippen molar-refractivity contribution in [1.29, 1.82) is 0 Å². The van der Waals surface area contributed by atoms with Crippen molar-refractivity contribution in [3.8, 4) is 11.5 Å². The molecule has 0 bridgehead atoms. The normalized spacial score (nSPS) is 17.6. The van der Waals surface area contributed by atoms with E-state index in [1.165, 1.54) is 12.8 Å². The first-order chi connectivity index (χ1) is 9.61. The fourth-order valence-corrected chi connectivity index (χ4v) is 2.80. The van der Waals surface area contributed by atoms with E-state index in [9.17, 15) is 5.11 Å².